The molecular formula is C20H19N5OS. The Morgan fingerprint density at radius 1 is 1.07 bits per heavy atom. The van der Waals surface area contributed by atoms with Crippen LogP contribution >= 0.6 is 11.8 Å². The van der Waals surface area contributed by atoms with E-state index in [-0.39, 0.29) is 0 Å². The summed E-state index contributed by atoms with van der Waals surface area (Å²) < 4.78 is 5.72. The smallest absolute Gasteiger partial charge is 0.195 e. The predicted octanol–water partition coefficient (Wildman–Crippen LogP) is 4.95. The van der Waals surface area contributed by atoms with E-state index >= 15 is 0 Å². The highest BCUT2D eigenvalue weighted by Crippen LogP contribution is 2.35. The Labute approximate surface area is 161 Å². The van der Waals surface area contributed by atoms with Gasteiger partial charge in [0.15, 0.2) is 11.0 Å². The van der Waals surface area contributed by atoms with Gasteiger partial charge in [-0.05, 0) is 49.9 Å². The molecule has 7 heteroatoms. The number of aromatic amines is 1. The van der Waals surface area contributed by atoms with Crippen LogP contribution in [0.5, 0.6) is 5.75 Å². The highest BCUT2D eigenvalue weighted by atomic mass is 32.2. The molecule has 2 N–H and O–H groups in total. The number of hydrogen-bond donors (Lipinski definition) is 2. The summed E-state index contributed by atoms with van der Waals surface area (Å²) in [5.41, 5.74) is 1.86. The number of nitrogens with one attached hydrogen (secondary N) is 2. The molecule has 0 unspecified atom stereocenters. The lowest BCUT2D eigenvalue weighted by Crippen LogP contribution is -1.99. The van der Waals surface area contributed by atoms with E-state index in [9.17, 15) is 0 Å². The summed E-state index contributed by atoms with van der Waals surface area (Å²) in [7, 11) is 0. The van der Waals surface area contributed by atoms with Crippen LogP contribution in [-0.4, -0.2) is 26.8 Å². The lowest BCUT2D eigenvalue weighted by Gasteiger charge is -2.11. The van der Waals surface area contributed by atoms with Crippen molar-refractivity contribution in [3.63, 3.8) is 0 Å². The normalized spacial score (nSPS) is 10.9. The van der Waals surface area contributed by atoms with Gasteiger partial charge in [0, 0.05) is 17.1 Å². The van der Waals surface area contributed by atoms with Crippen LogP contribution in [0.1, 0.15) is 12.6 Å². The van der Waals surface area contributed by atoms with Crippen molar-refractivity contribution in [2.75, 3.05) is 11.9 Å². The highest BCUT2D eigenvalue weighted by molar-refractivity contribution is 7.99. The first kappa shape index (κ1) is 17.4. The number of rotatable bonds is 6. The van der Waals surface area contributed by atoms with Gasteiger partial charge in [0.1, 0.15) is 11.6 Å². The third kappa shape index (κ3) is 3.88. The molecule has 0 aliphatic rings. The maximum absolute atomic E-state index is 5.72. The topological polar surface area (TPSA) is 75.7 Å². The van der Waals surface area contributed by atoms with E-state index < -0.39 is 0 Å². The highest BCUT2D eigenvalue weighted by Gasteiger charge is 2.12. The molecule has 4 aromatic rings. The largest absolute Gasteiger partial charge is 0.493 e. The van der Waals surface area contributed by atoms with Crippen molar-refractivity contribution in [2.24, 2.45) is 0 Å². The van der Waals surface area contributed by atoms with Crippen molar-refractivity contribution in [3.8, 4) is 5.75 Å². The zero-order chi connectivity index (χ0) is 18.6. The van der Waals surface area contributed by atoms with Gasteiger partial charge < -0.3 is 10.1 Å². The number of ether oxygens (including phenoxy) is 1. The Kier molecular flexibility index (Phi) is 4.93. The van der Waals surface area contributed by atoms with E-state index in [4.69, 9.17) is 14.7 Å². The van der Waals surface area contributed by atoms with Crippen LogP contribution in [-0.2, 0) is 0 Å². The second kappa shape index (κ2) is 7.67. The molecule has 0 saturated heterocycles. The van der Waals surface area contributed by atoms with E-state index in [1.54, 1.807) is 0 Å². The summed E-state index contributed by atoms with van der Waals surface area (Å²) in [6.07, 6.45) is 0. The van der Waals surface area contributed by atoms with Gasteiger partial charge >= 0.3 is 0 Å². The molecule has 0 spiro atoms. The molecule has 0 fully saturated rings. The van der Waals surface area contributed by atoms with Crippen molar-refractivity contribution in [1.82, 2.24) is 20.2 Å². The second-order valence-corrected chi connectivity index (χ2v) is 6.92. The van der Waals surface area contributed by atoms with Crippen LogP contribution in [0.15, 0.2) is 64.6 Å². The van der Waals surface area contributed by atoms with Crippen molar-refractivity contribution < 1.29 is 4.74 Å². The Morgan fingerprint density at radius 3 is 2.70 bits per heavy atom. The molecule has 4 rings (SSSR count). The average Bonchev–Trinajstić information content (AvgIpc) is 3.08. The molecule has 6 nitrogen and oxygen atoms in total. The fourth-order valence-corrected chi connectivity index (χ4v) is 3.56. The lowest BCUT2D eigenvalue weighted by atomic mass is 10.2. The summed E-state index contributed by atoms with van der Waals surface area (Å²) >= 11 is 1.48. The number of aryl methyl sites for hydroxylation is 1. The quantitative estimate of drug-likeness (QED) is 0.463. The van der Waals surface area contributed by atoms with Gasteiger partial charge in [-0.2, -0.15) is 5.10 Å². The molecule has 2 aromatic carbocycles. The van der Waals surface area contributed by atoms with Crippen molar-refractivity contribution >= 4 is 34.3 Å². The number of para-hydroxylation sites is 2. The molecule has 0 amide bonds. The summed E-state index contributed by atoms with van der Waals surface area (Å²) in [6, 6.07) is 17.8. The Bertz CT molecular complexity index is 1080. The van der Waals surface area contributed by atoms with E-state index in [0.29, 0.717) is 11.8 Å². The van der Waals surface area contributed by atoms with E-state index in [2.05, 4.69) is 15.5 Å². The molecule has 0 aliphatic carbocycles. The van der Waals surface area contributed by atoms with Crippen LogP contribution in [0.2, 0.25) is 0 Å². The van der Waals surface area contributed by atoms with Gasteiger partial charge in [-0.15, -0.1) is 0 Å². The number of benzene rings is 2. The average molecular weight is 377 g/mol. The molecule has 136 valence electrons. The minimum absolute atomic E-state index is 0.613. The standard InChI is InChI=1S/C20H19N5OS/c1-3-26-16-10-6-7-11-17(16)27-20-21-15-9-5-4-8-14(15)19(23-20)22-18-12-13(2)24-25-18/h4-12H,3H2,1-2H3,(H2,21,22,23,24,25). The summed E-state index contributed by atoms with van der Waals surface area (Å²) in [4.78, 5) is 10.4. The van der Waals surface area contributed by atoms with E-state index in [1.807, 2.05) is 68.4 Å². The first-order valence-electron chi connectivity index (χ1n) is 8.68. The van der Waals surface area contributed by atoms with Crippen molar-refractivity contribution in [2.45, 2.75) is 23.9 Å². The van der Waals surface area contributed by atoms with Crippen LogP contribution in [0.25, 0.3) is 10.9 Å². The Hall–Kier alpha value is -3.06. The van der Waals surface area contributed by atoms with Crippen LogP contribution < -0.4 is 10.1 Å². The van der Waals surface area contributed by atoms with Gasteiger partial charge in [0.2, 0.25) is 0 Å². The van der Waals surface area contributed by atoms with E-state index in [1.165, 1.54) is 11.8 Å². The first-order chi connectivity index (χ1) is 13.2. The minimum Gasteiger partial charge on any atom is -0.493 e. The summed E-state index contributed by atoms with van der Waals surface area (Å²) in [6.45, 7) is 4.55. The molecule has 0 bridgehead atoms. The molecule has 2 aromatic heterocycles. The van der Waals surface area contributed by atoms with E-state index in [0.717, 1.165) is 38.9 Å². The van der Waals surface area contributed by atoms with Crippen LogP contribution in [0, 0.1) is 6.92 Å². The number of H-pyrrole nitrogens is 1. The monoisotopic (exact) mass is 377 g/mol. The molecule has 0 atom stereocenters. The van der Waals surface area contributed by atoms with Gasteiger partial charge in [-0.25, -0.2) is 9.97 Å². The van der Waals surface area contributed by atoms with Gasteiger partial charge in [0.05, 0.1) is 17.0 Å². The number of aromatic nitrogens is 4. The number of hydrogen-bond acceptors (Lipinski definition) is 6. The Morgan fingerprint density at radius 2 is 1.89 bits per heavy atom. The minimum atomic E-state index is 0.613. The predicted molar refractivity (Wildman–Crippen MR) is 108 cm³/mol. The Balaban J connectivity index is 1.73. The van der Waals surface area contributed by atoms with Crippen molar-refractivity contribution in [3.05, 3.63) is 60.3 Å². The second-order valence-electron chi connectivity index (χ2n) is 5.91. The van der Waals surface area contributed by atoms with Crippen molar-refractivity contribution in [1.29, 1.82) is 0 Å². The maximum Gasteiger partial charge on any atom is 0.195 e. The molecular weight excluding hydrogens is 358 g/mol. The molecule has 0 aliphatic heterocycles. The number of fused-ring (bicyclic) bond motifs is 1. The maximum atomic E-state index is 5.72. The van der Waals surface area contributed by atoms with Gasteiger partial charge in [-0.3, -0.25) is 5.10 Å². The molecule has 0 radical (unpaired) electrons. The van der Waals surface area contributed by atoms with Crippen LogP contribution in [0.4, 0.5) is 11.6 Å². The zero-order valence-corrected chi connectivity index (χ0v) is 15.9. The first-order valence-corrected chi connectivity index (χ1v) is 9.50. The third-order valence-corrected chi connectivity index (χ3v) is 4.81. The number of nitrogens with zero attached hydrogens (tertiary/aromatic N) is 3. The van der Waals surface area contributed by atoms with Crippen LogP contribution in [0.3, 0.4) is 0 Å². The fourth-order valence-electron chi connectivity index (χ4n) is 2.71. The third-order valence-electron chi connectivity index (χ3n) is 3.89. The SMILES string of the molecule is CCOc1ccccc1Sc1nc(Nc2cc(C)[nH]n2)c2ccccc2n1. The summed E-state index contributed by atoms with van der Waals surface area (Å²) in [5, 5.41) is 12.1. The molecule has 2 heterocycles. The lowest BCUT2D eigenvalue weighted by molar-refractivity contribution is 0.332. The van der Waals surface area contributed by atoms with Gasteiger partial charge in [-0.1, -0.05) is 24.3 Å². The summed E-state index contributed by atoms with van der Waals surface area (Å²) in [5.74, 6) is 2.28. The molecule has 27 heavy (non-hydrogen) atoms. The number of anilines is 2. The van der Waals surface area contributed by atoms with Gasteiger partial charge in [0.25, 0.3) is 0 Å². The molecule has 0 saturated carbocycles. The fraction of sp³-hybridized carbons (Fsp3) is 0.150. The zero-order valence-electron chi connectivity index (χ0n) is 15.1.